The standard InChI is InChI=1S/C12H26N2O3/c1-9(10(2)16-6)13-7-8-14-11(15)17-12(3,4)5/h9-10,13H,7-8H2,1-6H3,(H,14,15). The Morgan fingerprint density at radius 2 is 1.82 bits per heavy atom. The van der Waals surface area contributed by atoms with Crippen LogP contribution in [0.1, 0.15) is 34.6 Å². The monoisotopic (exact) mass is 246 g/mol. The van der Waals surface area contributed by atoms with Gasteiger partial charge in [0, 0.05) is 26.2 Å². The maximum Gasteiger partial charge on any atom is 0.407 e. The Labute approximate surface area is 104 Å². The molecule has 2 N–H and O–H groups in total. The van der Waals surface area contributed by atoms with Crippen molar-refractivity contribution in [1.29, 1.82) is 0 Å². The third kappa shape index (κ3) is 8.94. The minimum Gasteiger partial charge on any atom is -0.444 e. The number of carbonyl (C=O) groups is 1. The number of ether oxygens (including phenoxy) is 2. The first-order valence-corrected chi connectivity index (χ1v) is 5.99. The van der Waals surface area contributed by atoms with Gasteiger partial charge in [-0.15, -0.1) is 0 Å². The molecule has 17 heavy (non-hydrogen) atoms. The molecule has 0 rings (SSSR count). The summed E-state index contributed by atoms with van der Waals surface area (Å²) in [6.45, 7) is 10.8. The predicted molar refractivity (Wildman–Crippen MR) is 68.2 cm³/mol. The second-order valence-corrected chi connectivity index (χ2v) is 5.11. The van der Waals surface area contributed by atoms with Crippen molar-refractivity contribution in [2.75, 3.05) is 20.2 Å². The molecule has 2 unspecified atom stereocenters. The molecule has 0 radical (unpaired) electrons. The molecule has 0 spiro atoms. The van der Waals surface area contributed by atoms with E-state index in [1.165, 1.54) is 0 Å². The van der Waals surface area contributed by atoms with Gasteiger partial charge in [0.2, 0.25) is 0 Å². The Kier molecular flexibility index (Phi) is 7.15. The molecule has 5 nitrogen and oxygen atoms in total. The van der Waals surface area contributed by atoms with Crippen molar-refractivity contribution in [3.8, 4) is 0 Å². The molecule has 5 heteroatoms. The van der Waals surface area contributed by atoms with E-state index in [0.29, 0.717) is 13.1 Å². The minimum atomic E-state index is -0.449. The van der Waals surface area contributed by atoms with E-state index in [4.69, 9.17) is 9.47 Å². The van der Waals surface area contributed by atoms with Crippen molar-refractivity contribution < 1.29 is 14.3 Å². The number of rotatable bonds is 6. The van der Waals surface area contributed by atoms with E-state index in [0.717, 1.165) is 0 Å². The number of carbonyl (C=O) groups excluding carboxylic acids is 1. The van der Waals surface area contributed by atoms with Crippen LogP contribution in [-0.2, 0) is 9.47 Å². The second-order valence-electron chi connectivity index (χ2n) is 5.11. The van der Waals surface area contributed by atoms with Gasteiger partial charge in [0.15, 0.2) is 0 Å². The summed E-state index contributed by atoms with van der Waals surface area (Å²) in [5.74, 6) is 0. The van der Waals surface area contributed by atoms with Crippen LogP contribution in [0.5, 0.6) is 0 Å². The molecule has 0 aliphatic heterocycles. The topological polar surface area (TPSA) is 59.6 Å². The van der Waals surface area contributed by atoms with Crippen LogP contribution in [-0.4, -0.2) is 44.0 Å². The van der Waals surface area contributed by atoms with Crippen LogP contribution in [0.2, 0.25) is 0 Å². The quantitative estimate of drug-likeness (QED) is 0.698. The van der Waals surface area contributed by atoms with Crippen molar-refractivity contribution in [2.45, 2.75) is 52.4 Å². The summed E-state index contributed by atoms with van der Waals surface area (Å²) in [4.78, 5) is 11.3. The molecule has 0 saturated heterocycles. The molecule has 2 atom stereocenters. The third-order valence-electron chi connectivity index (χ3n) is 2.34. The first kappa shape index (κ1) is 16.2. The van der Waals surface area contributed by atoms with Gasteiger partial charge in [-0.05, 0) is 34.6 Å². The van der Waals surface area contributed by atoms with E-state index in [2.05, 4.69) is 10.6 Å². The van der Waals surface area contributed by atoms with Crippen molar-refractivity contribution in [3.05, 3.63) is 0 Å². The molecule has 1 amide bonds. The number of nitrogens with one attached hydrogen (secondary N) is 2. The third-order valence-corrected chi connectivity index (χ3v) is 2.34. The average Bonchev–Trinajstić information content (AvgIpc) is 2.20. The lowest BCUT2D eigenvalue weighted by molar-refractivity contribution is 0.0525. The number of amides is 1. The van der Waals surface area contributed by atoms with Gasteiger partial charge < -0.3 is 20.1 Å². The largest absolute Gasteiger partial charge is 0.444 e. The molecule has 0 bridgehead atoms. The molecule has 0 fully saturated rings. The summed E-state index contributed by atoms with van der Waals surface area (Å²) < 4.78 is 10.3. The Bertz CT molecular complexity index is 226. The van der Waals surface area contributed by atoms with E-state index in [9.17, 15) is 4.79 Å². The fourth-order valence-electron chi connectivity index (χ4n) is 1.15. The highest BCUT2D eigenvalue weighted by molar-refractivity contribution is 5.67. The van der Waals surface area contributed by atoms with Gasteiger partial charge in [-0.1, -0.05) is 0 Å². The lowest BCUT2D eigenvalue weighted by atomic mass is 10.2. The number of methoxy groups -OCH3 is 1. The van der Waals surface area contributed by atoms with E-state index in [1.807, 2.05) is 34.6 Å². The highest BCUT2D eigenvalue weighted by Gasteiger charge is 2.15. The Balaban J connectivity index is 3.61. The average molecular weight is 246 g/mol. The van der Waals surface area contributed by atoms with Gasteiger partial charge in [0.25, 0.3) is 0 Å². The van der Waals surface area contributed by atoms with Crippen LogP contribution in [0, 0.1) is 0 Å². The van der Waals surface area contributed by atoms with Gasteiger partial charge in [-0.3, -0.25) is 0 Å². The molecule has 0 aliphatic carbocycles. The maximum absolute atomic E-state index is 11.3. The predicted octanol–water partition coefficient (Wildman–Crippen LogP) is 1.52. The normalized spacial score (nSPS) is 15.2. The summed E-state index contributed by atoms with van der Waals surface area (Å²) in [5, 5.41) is 5.94. The lowest BCUT2D eigenvalue weighted by Crippen LogP contribution is -2.42. The second kappa shape index (κ2) is 7.50. The minimum absolute atomic E-state index is 0.150. The molecule has 102 valence electrons. The zero-order chi connectivity index (χ0) is 13.5. The van der Waals surface area contributed by atoms with Crippen LogP contribution < -0.4 is 10.6 Å². The SMILES string of the molecule is COC(C)C(C)NCCNC(=O)OC(C)(C)C. The molecule has 0 saturated carbocycles. The highest BCUT2D eigenvalue weighted by atomic mass is 16.6. The zero-order valence-corrected chi connectivity index (χ0v) is 11.8. The highest BCUT2D eigenvalue weighted by Crippen LogP contribution is 2.05. The summed E-state index contributed by atoms with van der Waals surface area (Å²) in [7, 11) is 1.68. The molecule has 0 aromatic carbocycles. The molecular formula is C12H26N2O3. The van der Waals surface area contributed by atoms with Crippen LogP contribution in [0.3, 0.4) is 0 Å². The summed E-state index contributed by atoms with van der Waals surface area (Å²) >= 11 is 0. The van der Waals surface area contributed by atoms with Gasteiger partial charge in [-0.2, -0.15) is 0 Å². The molecule has 0 aliphatic rings. The summed E-state index contributed by atoms with van der Waals surface area (Å²) in [5.41, 5.74) is -0.449. The van der Waals surface area contributed by atoms with Crippen molar-refractivity contribution in [2.24, 2.45) is 0 Å². The molecular weight excluding hydrogens is 220 g/mol. The first-order valence-electron chi connectivity index (χ1n) is 5.99. The Hall–Kier alpha value is -0.810. The summed E-state index contributed by atoms with van der Waals surface area (Å²) in [6, 6.07) is 0.250. The fourth-order valence-corrected chi connectivity index (χ4v) is 1.15. The number of hydrogen-bond donors (Lipinski definition) is 2. The lowest BCUT2D eigenvalue weighted by Gasteiger charge is -2.21. The summed E-state index contributed by atoms with van der Waals surface area (Å²) in [6.07, 6.45) is -0.233. The number of hydrogen-bond acceptors (Lipinski definition) is 4. The van der Waals surface area contributed by atoms with E-state index in [1.54, 1.807) is 7.11 Å². The number of alkyl carbamates (subject to hydrolysis) is 1. The van der Waals surface area contributed by atoms with Gasteiger partial charge in [0.1, 0.15) is 5.60 Å². The van der Waals surface area contributed by atoms with E-state index >= 15 is 0 Å². The Morgan fingerprint density at radius 1 is 1.24 bits per heavy atom. The Morgan fingerprint density at radius 3 is 2.29 bits per heavy atom. The van der Waals surface area contributed by atoms with Gasteiger partial charge >= 0.3 is 6.09 Å². The first-order chi connectivity index (χ1) is 7.76. The van der Waals surface area contributed by atoms with Crippen LogP contribution >= 0.6 is 0 Å². The zero-order valence-electron chi connectivity index (χ0n) is 11.8. The van der Waals surface area contributed by atoms with Crippen LogP contribution in [0.4, 0.5) is 4.79 Å². The molecule has 0 aromatic heterocycles. The van der Waals surface area contributed by atoms with Crippen LogP contribution in [0.25, 0.3) is 0 Å². The van der Waals surface area contributed by atoms with E-state index in [-0.39, 0.29) is 18.2 Å². The van der Waals surface area contributed by atoms with Crippen molar-refractivity contribution >= 4 is 6.09 Å². The van der Waals surface area contributed by atoms with Crippen molar-refractivity contribution in [1.82, 2.24) is 10.6 Å². The molecule has 0 heterocycles. The van der Waals surface area contributed by atoms with Crippen molar-refractivity contribution in [3.63, 3.8) is 0 Å². The van der Waals surface area contributed by atoms with E-state index < -0.39 is 5.60 Å². The smallest absolute Gasteiger partial charge is 0.407 e. The fraction of sp³-hybridized carbons (Fsp3) is 0.917. The maximum atomic E-state index is 11.3. The van der Waals surface area contributed by atoms with Crippen LogP contribution in [0.15, 0.2) is 0 Å². The molecule has 0 aromatic rings. The van der Waals surface area contributed by atoms with Gasteiger partial charge in [-0.25, -0.2) is 4.79 Å². The van der Waals surface area contributed by atoms with Gasteiger partial charge in [0.05, 0.1) is 6.10 Å².